The van der Waals surface area contributed by atoms with Crippen LogP contribution in [0.4, 0.5) is 0 Å². The molecule has 22 heavy (non-hydrogen) atoms. The molecule has 0 spiro atoms. The van der Waals surface area contributed by atoms with E-state index in [2.05, 4.69) is 9.47 Å². The maximum Gasteiger partial charge on any atom is 0.320 e. The van der Waals surface area contributed by atoms with Crippen molar-refractivity contribution in [1.82, 2.24) is 0 Å². The van der Waals surface area contributed by atoms with Crippen LogP contribution in [0.1, 0.15) is 11.5 Å². The quantitative estimate of drug-likeness (QED) is 0.247. The number of hydrogen-bond donors (Lipinski definition) is 0. The predicted molar refractivity (Wildman–Crippen MR) is 80.3 cm³/mol. The van der Waals surface area contributed by atoms with Gasteiger partial charge in [0, 0.05) is 9.82 Å². The van der Waals surface area contributed by atoms with E-state index in [0.29, 0.717) is 5.56 Å². The van der Waals surface area contributed by atoms with Gasteiger partial charge in [0.1, 0.15) is 0 Å². The summed E-state index contributed by atoms with van der Waals surface area (Å²) in [5.74, 6) is -4.04. The Morgan fingerprint density at radius 2 is 1.68 bits per heavy atom. The summed E-state index contributed by atoms with van der Waals surface area (Å²) in [6, 6.07) is 6.88. The maximum absolute atomic E-state index is 11.9. The Hall–Kier alpha value is -2.09. The van der Waals surface area contributed by atoms with Crippen LogP contribution in [0.3, 0.4) is 0 Å². The number of methoxy groups -OCH3 is 2. The highest BCUT2D eigenvalue weighted by atomic mass is 32.2. The lowest BCUT2D eigenvalue weighted by molar-refractivity contribution is -0.484. The number of carbonyl (C=O) groups is 2. The fraction of sp³-hybridized carbons (Fsp3) is 0.429. The zero-order valence-corrected chi connectivity index (χ0v) is 13.3. The Morgan fingerprint density at radius 1 is 1.18 bits per heavy atom. The number of carbonyl (C=O) groups excluding carboxylic acids is 2. The smallest absolute Gasteiger partial charge is 0.320 e. The molecule has 0 bridgehead atoms. The molecule has 120 valence electrons. The lowest BCUT2D eigenvalue weighted by atomic mass is 9.86. The number of esters is 2. The molecule has 0 N–H and O–H groups in total. The predicted octanol–water partition coefficient (Wildman–Crippen LogP) is 1.73. The number of nitrogens with zero attached hydrogens (tertiary/aromatic N) is 1. The highest BCUT2D eigenvalue weighted by molar-refractivity contribution is 7.98. The van der Waals surface area contributed by atoms with Gasteiger partial charge in [-0.05, 0) is 24.0 Å². The molecule has 0 fully saturated rings. The highest BCUT2D eigenvalue weighted by Gasteiger charge is 2.40. The molecule has 0 aliphatic heterocycles. The van der Waals surface area contributed by atoms with Crippen molar-refractivity contribution in [2.75, 3.05) is 27.0 Å². The van der Waals surface area contributed by atoms with Gasteiger partial charge in [0.05, 0.1) is 20.1 Å². The molecule has 0 aliphatic carbocycles. The van der Waals surface area contributed by atoms with E-state index < -0.39 is 35.2 Å². The first-order valence-electron chi connectivity index (χ1n) is 6.36. The molecule has 1 aromatic rings. The largest absolute Gasteiger partial charge is 0.468 e. The van der Waals surface area contributed by atoms with Gasteiger partial charge in [-0.25, -0.2) is 0 Å². The van der Waals surface area contributed by atoms with Gasteiger partial charge in [0.15, 0.2) is 5.92 Å². The van der Waals surface area contributed by atoms with E-state index in [1.54, 1.807) is 24.3 Å². The van der Waals surface area contributed by atoms with Gasteiger partial charge in [0.2, 0.25) is 6.54 Å². The summed E-state index contributed by atoms with van der Waals surface area (Å²) in [6.07, 6.45) is 1.90. The van der Waals surface area contributed by atoms with Crippen molar-refractivity contribution in [2.45, 2.75) is 10.8 Å². The molecule has 8 heteroatoms. The molecular formula is C14H17NO6S. The second-order valence-corrected chi connectivity index (χ2v) is 5.30. The van der Waals surface area contributed by atoms with Crippen LogP contribution >= 0.6 is 11.8 Å². The molecule has 0 radical (unpaired) electrons. The van der Waals surface area contributed by atoms with Crippen LogP contribution in [0.25, 0.3) is 0 Å². The molecule has 0 saturated heterocycles. The van der Waals surface area contributed by atoms with Crippen molar-refractivity contribution < 1.29 is 24.0 Å². The normalized spacial score (nSPS) is 11.8. The monoisotopic (exact) mass is 327 g/mol. The molecule has 0 aromatic heterocycles. The zero-order chi connectivity index (χ0) is 16.7. The maximum atomic E-state index is 11.9. The van der Waals surface area contributed by atoms with Crippen molar-refractivity contribution in [1.29, 1.82) is 0 Å². The van der Waals surface area contributed by atoms with E-state index in [1.165, 1.54) is 11.8 Å². The van der Waals surface area contributed by atoms with Crippen LogP contribution in [-0.2, 0) is 19.1 Å². The molecule has 1 rings (SSSR count). The Balaban J connectivity index is 3.25. The van der Waals surface area contributed by atoms with Crippen molar-refractivity contribution in [3.8, 4) is 0 Å². The summed E-state index contributed by atoms with van der Waals surface area (Å²) in [4.78, 5) is 35.1. The van der Waals surface area contributed by atoms with E-state index >= 15 is 0 Å². The number of hydrogen-bond acceptors (Lipinski definition) is 7. The Labute approximate surface area is 132 Å². The molecule has 0 saturated carbocycles. The van der Waals surface area contributed by atoms with Crippen LogP contribution in [0.5, 0.6) is 0 Å². The molecule has 0 aliphatic rings. The summed E-state index contributed by atoms with van der Waals surface area (Å²) in [5.41, 5.74) is 0.510. The number of nitro groups is 1. The van der Waals surface area contributed by atoms with E-state index in [4.69, 9.17) is 0 Å². The number of rotatable bonds is 7. The summed E-state index contributed by atoms with van der Waals surface area (Å²) >= 11 is 1.52. The minimum atomic E-state index is -1.37. The molecule has 1 aromatic carbocycles. The van der Waals surface area contributed by atoms with E-state index in [1.807, 2.05) is 6.26 Å². The van der Waals surface area contributed by atoms with Gasteiger partial charge in [0.25, 0.3) is 0 Å². The second kappa shape index (κ2) is 8.38. The van der Waals surface area contributed by atoms with Crippen LogP contribution in [0, 0.1) is 16.0 Å². The second-order valence-electron chi connectivity index (χ2n) is 4.42. The fourth-order valence-corrected chi connectivity index (χ4v) is 2.50. The third-order valence-corrected chi connectivity index (χ3v) is 3.95. The molecule has 7 nitrogen and oxygen atoms in total. The van der Waals surface area contributed by atoms with Crippen molar-refractivity contribution in [3.63, 3.8) is 0 Å². The lowest BCUT2D eigenvalue weighted by Gasteiger charge is -2.20. The standard InChI is InChI=1S/C14H17NO6S/c1-20-13(16)12(14(17)21-2)11(8-15(18)19)9-4-6-10(22-3)7-5-9/h4-7,11-12H,8H2,1-3H3. The van der Waals surface area contributed by atoms with E-state index in [-0.39, 0.29) is 0 Å². The lowest BCUT2D eigenvalue weighted by Crippen LogP contribution is -2.35. The summed E-state index contributed by atoms with van der Waals surface area (Å²) in [7, 11) is 2.25. The number of thioether (sulfide) groups is 1. The molecule has 1 atom stereocenters. The topological polar surface area (TPSA) is 95.7 Å². The van der Waals surface area contributed by atoms with Crippen LogP contribution < -0.4 is 0 Å². The van der Waals surface area contributed by atoms with Gasteiger partial charge < -0.3 is 9.47 Å². The number of ether oxygens (including phenoxy) is 2. The summed E-state index contributed by atoms with van der Waals surface area (Å²) in [5, 5.41) is 10.9. The van der Waals surface area contributed by atoms with Gasteiger partial charge in [-0.3, -0.25) is 19.7 Å². The molecule has 1 unspecified atom stereocenters. The van der Waals surface area contributed by atoms with E-state index in [0.717, 1.165) is 19.1 Å². The average Bonchev–Trinajstić information content (AvgIpc) is 2.53. The minimum Gasteiger partial charge on any atom is -0.468 e. The first kappa shape index (κ1) is 18.0. The Bertz CT molecular complexity index is 529. The van der Waals surface area contributed by atoms with Gasteiger partial charge in [-0.15, -0.1) is 11.8 Å². The zero-order valence-electron chi connectivity index (χ0n) is 12.5. The van der Waals surface area contributed by atoms with E-state index in [9.17, 15) is 19.7 Å². The summed E-state index contributed by atoms with van der Waals surface area (Å²) in [6.45, 7) is -0.576. The third-order valence-electron chi connectivity index (χ3n) is 3.20. The van der Waals surface area contributed by atoms with Gasteiger partial charge in [-0.1, -0.05) is 12.1 Å². The molecule has 0 heterocycles. The van der Waals surface area contributed by atoms with Crippen LogP contribution in [0.15, 0.2) is 29.2 Å². The molecular weight excluding hydrogens is 310 g/mol. The average molecular weight is 327 g/mol. The number of benzene rings is 1. The van der Waals surface area contributed by atoms with Crippen molar-refractivity contribution in [3.05, 3.63) is 39.9 Å². The Morgan fingerprint density at radius 3 is 2.05 bits per heavy atom. The fourth-order valence-electron chi connectivity index (χ4n) is 2.09. The van der Waals surface area contributed by atoms with Crippen molar-refractivity contribution in [2.24, 2.45) is 5.92 Å². The summed E-state index contributed by atoms with van der Waals surface area (Å²) < 4.78 is 9.20. The highest BCUT2D eigenvalue weighted by Crippen LogP contribution is 2.29. The van der Waals surface area contributed by atoms with Gasteiger partial charge in [-0.2, -0.15) is 0 Å². The van der Waals surface area contributed by atoms with Gasteiger partial charge >= 0.3 is 11.9 Å². The van der Waals surface area contributed by atoms with Crippen molar-refractivity contribution >= 4 is 23.7 Å². The Kier molecular flexibility index (Phi) is 6.84. The minimum absolute atomic E-state index is 0.510. The molecule has 0 amide bonds. The first-order valence-corrected chi connectivity index (χ1v) is 7.58. The third kappa shape index (κ3) is 4.45. The SMILES string of the molecule is COC(=O)C(C(=O)OC)C(C[N+](=O)[O-])c1ccc(SC)cc1. The van der Waals surface area contributed by atoms with Crippen LogP contribution in [-0.4, -0.2) is 43.9 Å². The first-order chi connectivity index (χ1) is 10.4. The van der Waals surface area contributed by atoms with Crippen LogP contribution in [0.2, 0.25) is 0 Å².